The van der Waals surface area contributed by atoms with E-state index < -0.39 is 0 Å². The lowest BCUT2D eigenvalue weighted by Gasteiger charge is -2.10. The van der Waals surface area contributed by atoms with E-state index in [1.165, 1.54) is 6.33 Å². The van der Waals surface area contributed by atoms with Crippen molar-refractivity contribution in [2.75, 3.05) is 10.6 Å². The van der Waals surface area contributed by atoms with Gasteiger partial charge < -0.3 is 5.32 Å². The van der Waals surface area contributed by atoms with Crippen LogP contribution < -0.4 is 10.6 Å². The Hall–Kier alpha value is -6.26. The SMILES string of the molecule is CC(C)n1ncc2c(C(=O)Nc3cncnc3)cc(-c3cccs3)nc21.CC(C)n1ncc2c(C(=O)Nc3ncccn3)cc(-c3cccs3)nc21. The summed E-state index contributed by atoms with van der Waals surface area (Å²) in [4.78, 5) is 53.2. The number of nitrogens with one attached hydrogen (secondary N) is 2. The first-order valence-corrected chi connectivity index (χ1v) is 18.0. The average molecular weight is 729 g/mol. The Balaban J connectivity index is 0.000000162. The molecule has 2 amide bonds. The summed E-state index contributed by atoms with van der Waals surface area (Å²) in [7, 11) is 0. The number of hydrogen-bond acceptors (Lipinski definition) is 12. The molecule has 0 spiro atoms. The van der Waals surface area contributed by atoms with Crippen molar-refractivity contribution in [2.24, 2.45) is 0 Å². The van der Waals surface area contributed by atoms with Gasteiger partial charge in [-0.25, -0.2) is 39.3 Å². The fraction of sp³-hybridized carbons (Fsp3) is 0.167. The zero-order valence-corrected chi connectivity index (χ0v) is 30.1. The highest BCUT2D eigenvalue weighted by Crippen LogP contribution is 2.31. The van der Waals surface area contributed by atoms with E-state index in [2.05, 4.69) is 40.8 Å². The van der Waals surface area contributed by atoms with Crippen molar-refractivity contribution < 1.29 is 9.59 Å². The number of fused-ring (bicyclic) bond motifs is 2. The van der Waals surface area contributed by atoms with Gasteiger partial charge in [0.1, 0.15) is 6.33 Å². The minimum Gasteiger partial charge on any atom is -0.319 e. The molecule has 0 saturated heterocycles. The van der Waals surface area contributed by atoms with Crippen LogP contribution in [-0.4, -0.2) is 61.3 Å². The molecule has 0 aliphatic carbocycles. The molecule has 8 aromatic rings. The third kappa shape index (κ3) is 7.15. The van der Waals surface area contributed by atoms with Gasteiger partial charge in [-0.05, 0) is 68.8 Å². The Morgan fingerprint density at radius 1 is 0.673 bits per heavy atom. The number of nitrogens with zero attached hydrogens (tertiary/aromatic N) is 10. The Kier molecular flexibility index (Phi) is 9.81. The molecule has 0 aromatic carbocycles. The number of hydrogen-bond donors (Lipinski definition) is 2. The average Bonchev–Trinajstić information content (AvgIpc) is 3.99. The van der Waals surface area contributed by atoms with Gasteiger partial charge in [0.05, 0.1) is 73.5 Å². The first kappa shape index (κ1) is 34.2. The van der Waals surface area contributed by atoms with Crippen LogP contribution in [0.3, 0.4) is 0 Å². The number of carbonyl (C=O) groups is 2. The van der Waals surface area contributed by atoms with Crippen LogP contribution in [0.4, 0.5) is 11.6 Å². The van der Waals surface area contributed by atoms with Crippen LogP contribution in [0, 0.1) is 0 Å². The van der Waals surface area contributed by atoms with Crippen LogP contribution in [0.1, 0.15) is 60.5 Å². The fourth-order valence-corrected chi connectivity index (χ4v) is 6.74. The highest BCUT2D eigenvalue weighted by molar-refractivity contribution is 7.13. The molecule has 0 radical (unpaired) electrons. The van der Waals surface area contributed by atoms with E-state index in [1.807, 2.05) is 72.1 Å². The molecule has 2 N–H and O–H groups in total. The molecule has 8 rings (SSSR count). The van der Waals surface area contributed by atoms with Crippen molar-refractivity contribution in [2.45, 2.75) is 39.8 Å². The lowest BCUT2D eigenvalue weighted by atomic mass is 10.1. The normalized spacial score (nSPS) is 11.2. The molecule has 8 heterocycles. The largest absolute Gasteiger partial charge is 0.319 e. The second kappa shape index (κ2) is 14.9. The lowest BCUT2D eigenvalue weighted by molar-refractivity contribution is 0.101. The maximum absolute atomic E-state index is 12.9. The monoisotopic (exact) mass is 728 g/mol. The summed E-state index contributed by atoms with van der Waals surface area (Å²) >= 11 is 3.16. The zero-order chi connectivity index (χ0) is 36.2. The van der Waals surface area contributed by atoms with E-state index in [1.54, 1.807) is 78.1 Å². The van der Waals surface area contributed by atoms with Gasteiger partial charge >= 0.3 is 0 Å². The predicted octanol–water partition coefficient (Wildman–Crippen LogP) is 7.57. The van der Waals surface area contributed by atoms with E-state index in [0.717, 1.165) is 21.1 Å². The van der Waals surface area contributed by atoms with Gasteiger partial charge in [-0.2, -0.15) is 10.2 Å². The van der Waals surface area contributed by atoms with Crippen molar-refractivity contribution in [3.8, 4) is 21.1 Å². The highest BCUT2D eigenvalue weighted by Gasteiger charge is 2.21. The minimum absolute atomic E-state index is 0.131. The summed E-state index contributed by atoms with van der Waals surface area (Å²) in [6.45, 7) is 8.13. The predicted molar refractivity (Wildman–Crippen MR) is 202 cm³/mol. The number of anilines is 2. The van der Waals surface area contributed by atoms with Gasteiger partial charge in [0.2, 0.25) is 5.95 Å². The van der Waals surface area contributed by atoms with Gasteiger partial charge in [0.25, 0.3) is 11.8 Å². The second-order valence-corrected chi connectivity index (χ2v) is 13.9. The molecule has 8 aromatic heterocycles. The van der Waals surface area contributed by atoms with Crippen LogP contribution in [0.25, 0.3) is 43.2 Å². The summed E-state index contributed by atoms with van der Waals surface area (Å²) in [5.74, 6) is -0.269. The molecular weight excluding hydrogens is 697 g/mol. The second-order valence-electron chi connectivity index (χ2n) is 12.0. The highest BCUT2D eigenvalue weighted by atomic mass is 32.1. The first-order valence-electron chi connectivity index (χ1n) is 16.3. The van der Waals surface area contributed by atoms with Gasteiger partial charge in [-0.15, -0.1) is 22.7 Å². The molecular formula is C36H32N12O2S2. The number of rotatable bonds is 8. The number of aromatic nitrogens is 10. The lowest BCUT2D eigenvalue weighted by Crippen LogP contribution is -2.15. The zero-order valence-electron chi connectivity index (χ0n) is 28.5. The van der Waals surface area contributed by atoms with E-state index in [0.29, 0.717) is 38.9 Å². The van der Waals surface area contributed by atoms with Crippen LogP contribution >= 0.6 is 22.7 Å². The van der Waals surface area contributed by atoms with Gasteiger partial charge in [-0.1, -0.05) is 12.1 Å². The number of amides is 2. The Morgan fingerprint density at radius 3 is 1.63 bits per heavy atom. The maximum Gasteiger partial charge on any atom is 0.258 e. The third-order valence-corrected chi connectivity index (χ3v) is 9.54. The molecule has 0 unspecified atom stereocenters. The molecule has 16 heteroatoms. The molecule has 0 fully saturated rings. The van der Waals surface area contributed by atoms with E-state index in [9.17, 15) is 9.59 Å². The minimum atomic E-state index is -0.287. The molecule has 14 nitrogen and oxygen atoms in total. The standard InChI is InChI=1S/2C18H16N6OS/c1-11(2)24-16-13(10-21-24)12(9-14(22-16)15-5-3-8-26-15)17(25)23-18-19-6-4-7-20-18;1-11(2)24-17-14(9-21-24)13(6-15(23-17)16-4-3-5-26-16)18(25)22-12-7-19-10-20-8-12/h3-11H,1-2H3,(H,19,20,23,25);3-11H,1-2H3,(H,22,25). The first-order chi connectivity index (χ1) is 25.3. The summed E-state index contributed by atoms with van der Waals surface area (Å²) in [6.07, 6.45) is 11.1. The van der Waals surface area contributed by atoms with Gasteiger partial charge in [0.15, 0.2) is 11.3 Å². The summed E-state index contributed by atoms with van der Waals surface area (Å²) in [6, 6.07) is 13.5. The fourth-order valence-electron chi connectivity index (χ4n) is 5.36. The number of pyridine rings is 2. The molecule has 0 atom stereocenters. The van der Waals surface area contributed by atoms with Crippen LogP contribution in [-0.2, 0) is 0 Å². The van der Waals surface area contributed by atoms with Gasteiger partial charge in [-0.3, -0.25) is 14.9 Å². The van der Waals surface area contributed by atoms with Gasteiger partial charge in [0, 0.05) is 24.5 Å². The summed E-state index contributed by atoms with van der Waals surface area (Å²) in [5.41, 5.74) is 4.44. The van der Waals surface area contributed by atoms with Crippen molar-refractivity contribution in [3.05, 3.63) is 108 Å². The van der Waals surface area contributed by atoms with E-state index in [-0.39, 0.29) is 29.8 Å². The number of thiophene rings is 2. The van der Waals surface area contributed by atoms with Crippen molar-refractivity contribution in [3.63, 3.8) is 0 Å². The van der Waals surface area contributed by atoms with Crippen molar-refractivity contribution in [1.82, 2.24) is 49.5 Å². The summed E-state index contributed by atoms with van der Waals surface area (Å²) < 4.78 is 3.65. The Labute approximate surface area is 305 Å². The number of carbonyl (C=O) groups excluding carboxylic acids is 2. The molecule has 260 valence electrons. The molecule has 52 heavy (non-hydrogen) atoms. The van der Waals surface area contributed by atoms with Crippen LogP contribution in [0.15, 0.2) is 96.7 Å². The smallest absolute Gasteiger partial charge is 0.258 e. The van der Waals surface area contributed by atoms with Crippen molar-refractivity contribution >= 4 is 68.2 Å². The van der Waals surface area contributed by atoms with Crippen LogP contribution in [0.2, 0.25) is 0 Å². The van der Waals surface area contributed by atoms with E-state index >= 15 is 0 Å². The molecule has 0 bridgehead atoms. The van der Waals surface area contributed by atoms with Crippen LogP contribution in [0.5, 0.6) is 0 Å². The maximum atomic E-state index is 12.9. The Bertz CT molecular complexity index is 2290. The molecule has 0 saturated carbocycles. The topological polar surface area (TPSA) is 171 Å². The summed E-state index contributed by atoms with van der Waals surface area (Å²) in [5, 5.41) is 19.8. The third-order valence-electron chi connectivity index (χ3n) is 7.76. The van der Waals surface area contributed by atoms with E-state index in [4.69, 9.17) is 9.97 Å². The van der Waals surface area contributed by atoms with Crippen molar-refractivity contribution in [1.29, 1.82) is 0 Å². The Morgan fingerprint density at radius 2 is 1.17 bits per heavy atom. The molecule has 0 aliphatic heterocycles. The quantitative estimate of drug-likeness (QED) is 0.159. The molecule has 0 aliphatic rings.